The van der Waals surface area contributed by atoms with Crippen molar-refractivity contribution in [1.29, 1.82) is 0 Å². The molecule has 1 atom stereocenters. The molecule has 0 bridgehead atoms. The minimum absolute atomic E-state index is 0.0875. The standard InChI is InChI=1S/C30H37N3O4S2/c1-21(2)31-30(35)24(5)32(19-25-9-7-8-23(4)18-25)29(34)20-33(26-12-10-22(3)11-13-26)39(36,37)28-16-14-27(38-6)15-17-28/h7-18,21,24H,19-20H2,1-6H3,(H,31,35)/t24-/m0/s1. The van der Waals surface area contributed by atoms with Crippen molar-refractivity contribution in [2.24, 2.45) is 0 Å². The van der Waals surface area contributed by atoms with Crippen LogP contribution in [0.2, 0.25) is 0 Å². The van der Waals surface area contributed by atoms with Gasteiger partial charge in [0.1, 0.15) is 12.6 Å². The molecule has 0 aliphatic rings. The smallest absolute Gasteiger partial charge is 0.264 e. The summed E-state index contributed by atoms with van der Waals surface area (Å²) in [6.07, 6.45) is 1.92. The van der Waals surface area contributed by atoms with Gasteiger partial charge in [-0.15, -0.1) is 11.8 Å². The fourth-order valence-corrected chi connectivity index (χ4v) is 5.93. The number of hydrogen-bond donors (Lipinski definition) is 1. The molecule has 3 aromatic rings. The summed E-state index contributed by atoms with van der Waals surface area (Å²) in [4.78, 5) is 29.4. The van der Waals surface area contributed by atoms with Crippen molar-refractivity contribution < 1.29 is 18.0 Å². The molecule has 3 aromatic carbocycles. The third-order valence-electron chi connectivity index (χ3n) is 6.28. The quantitative estimate of drug-likeness (QED) is 0.324. The third kappa shape index (κ3) is 7.86. The number of sulfonamides is 1. The van der Waals surface area contributed by atoms with E-state index in [4.69, 9.17) is 0 Å². The fraction of sp³-hybridized carbons (Fsp3) is 0.333. The predicted octanol–water partition coefficient (Wildman–Crippen LogP) is 5.16. The van der Waals surface area contributed by atoms with E-state index in [9.17, 15) is 18.0 Å². The summed E-state index contributed by atoms with van der Waals surface area (Å²) in [5, 5.41) is 2.87. The van der Waals surface area contributed by atoms with E-state index in [0.717, 1.165) is 25.9 Å². The lowest BCUT2D eigenvalue weighted by molar-refractivity contribution is -0.139. The van der Waals surface area contributed by atoms with Crippen LogP contribution in [0.4, 0.5) is 5.69 Å². The molecule has 0 aromatic heterocycles. The van der Waals surface area contributed by atoms with Crippen LogP contribution in [-0.2, 0) is 26.2 Å². The summed E-state index contributed by atoms with van der Waals surface area (Å²) in [5.41, 5.74) is 3.21. The van der Waals surface area contributed by atoms with Gasteiger partial charge in [0.2, 0.25) is 11.8 Å². The lowest BCUT2D eigenvalue weighted by Crippen LogP contribution is -2.52. The molecule has 208 valence electrons. The molecule has 7 nitrogen and oxygen atoms in total. The minimum Gasteiger partial charge on any atom is -0.352 e. The summed E-state index contributed by atoms with van der Waals surface area (Å²) >= 11 is 1.51. The lowest BCUT2D eigenvalue weighted by atomic mass is 10.1. The molecule has 3 rings (SSSR count). The molecule has 0 spiro atoms. The van der Waals surface area contributed by atoms with Gasteiger partial charge >= 0.3 is 0 Å². The largest absolute Gasteiger partial charge is 0.352 e. The Morgan fingerprint density at radius 3 is 2.10 bits per heavy atom. The Bertz CT molecular complexity index is 1390. The van der Waals surface area contributed by atoms with E-state index in [1.54, 1.807) is 43.3 Å². The maximum atomic E-state index is 13.9. The summed E-state index contributed by atoms with van der Waals surface area (Å²) in [6, 6.07) is 20.4. The van der Waals surface area contributed by atoms with Crippen molar-refractivity contribution in [3.63, 3.8) is 0 Å². The van der Waals surface area contributed by atoms with Crippen molar-refractivity contribution in [3.05, 3.63) is 89.5 Å². The van der Waals surface area contributed by atoms with Crippen LogP contribution in [0, 0.1) is 13.8 Å². The highest BCUT2D eigenvalue weighted by molar-refractivity contribution is 7.98. The number of carbonyl (C=O) groups is 2. The van der Waals surface area contributed by atoms with Crippen LogP contribution in [-0.4, -0.2) is 50.0 Å². The maximum absolute atomic E-state index is 13.9. The SMILES string of the molecule is CSc1ccc(S(=O)(=O)N(CC(=O)N(Cc2cccc(C)c2)[C@@H](C)C(=O)NC(C)C)c2ccc(C)cc2)cc1. The fourth-order valence-electron chi connectivity index (χ4n) is 4.11. The second-order valence-corrected chi connectivity index (χ2v) is 12.6. The Labute approximate surface area is 236 Å². The highest BCUT2D eigenvalue weighted by Crippen LogP contribution is 2.26. The number of hydrogen-bond acceptors (Lipinski definition) is 5. The topological polar surface area (TPSA) is 86.8 Å². The van der Waals surface area contributed by atoms with Gasteiger partial charge in [-0.05, 0) is 82.8 Å². The summed E-state index contributed by atoms with van der Waals surface area (Å²) in [6.45, 7) is 8.94. The molecule has 0 unspecified atom stereocenters. The van der Waals surface area contributed by atoms with Crippen LogP contribution >= 0.6 is 11.8 Å². The molecular formula is C30H37N3O4S2. The van der Waals surface area contributed by atoms with Crippen molar-refractivity contribution in [2.75, 3.05) is 17.1 Å². The number of nitrogens with zero attached hydrogens (tertiary/aromatic N) is 2. The molecule has 9 heteroatoms. The molecule has 0 radical (unpaired) electrons. The molecule has 0 aliphatic heterocycles. The van der Waals surface area contributed by atoms with E-state index >= 15 is 0 Å². The molecule has 0 saturated heterocycles. The summed E-state index contributed by atoms with van der Waals surface area (Å²) in [5.74, 6) is -0.781. The minimum atomic E-state index is -4.09. The van der Waals surface area contributed by atoms with E-state index in [1.807, 2.05) is 70.3 Å². The highest BCUT2D eigenvalue weighted by atomic mass is 32.2. The van der Waals surface area contributed by atoms with Crippen molar-refractivity contribution in [3.8, 4) is 0 Å². The van der Waals surface area contributed by atoms with Gasteiger partial charge in [0.25, 0.3) is 10.0 Å². The van der Waals surface area contributed by atoms with Crippen molar-refractivity contribution in [1.82, 2.24) is 10.2 Å². The number of thioether (sulfide) groups is 1. The normalized spacial score (nSPS) is 12.2. The first-order valence-electron chi connectivity index (χ1n) is 12.8. The zero-order chi connectivity index (χ0) is 28.7. The number of benzene rings is 3. The Morgan fingerprint density at radius 2 is 1.54 bits per heavy atom. The van der Waals surface area contributed by atoms with Crippen molar-refractivity contribution >= 4 is 39.3 Å². The van der Waals surface area contributed by atoms with Crippen molar-refractivity contribution in [2.45, 2.75) is 63.0 Å². The molecule has 0 heterocycles. The third-order valence-corrected chi connectivity index (χ3v) is 8.81. The van der Waals surface area contributed by atoms with Gasteiger partial charge < -0.3 is 10.2 Å². The van der Waals surface area contributed by atoms with Crippen LogP contribution in [0.15, 0.2) is 82.6 Å². The zero-order valence-corrected chi connectivity index (χ0v) is 25.0. The van der Waals surface area contributed by atoms with E-state index in [2.05, 4.69) is 5.32 Å². The first-order valence-corrected chi connectivity index (χ1v) is 15.5. The Morgan fingerprint density at radius 1 is 0.897 bits per heavy atom. The second-order valence-electron chi connectivity index (χ2n) is 9.87. The molecule has 2 amide bonds. The number of amides is 2. The van der Waals surface area contributed by atoms with E-state index in [-0.39, 0.29) is 23.4 Å². The first-order chi connectivity index (χ1) is 18.4. The van der Waals surface area contributed by atoms with E-state index in [1.165, 1.54) is 16.7 Å². The van der Waals surface area contributed by atoms with Gasteiger partial charge in [0.05, 0.1) is 10.6 Å². The maximum Gasteiger partial charge on any atom is 0.264 e. The van der Waals surface area contributed by atoms with Gasteiger partial charge in [-0.2, -0.15) is 0 Å². The number of carbonyl (C=O) groups excluding carboxylic acids is 2. The van der Waals surface area contributed by atoms with Crippen LogP contribution in [0.3, 0.4) is 0 Å². The average molecular weight is 568 g/mol. The predicted molar refractivity (Wildman–Crippen MR) is 158 cm³/mol. The molecular weight excluding hydrogens is 530 g/mol. The molecule has 39 heavy (non-hydrogen) atoms. The Hall–Kier alpha value is -3.30. The van der Waals surface area contributed by atoms with Crippen LogP contribution in [0.5, 0.6) is 0 Å². The van der Waals surface area contributed by atoms with Crippen LogP contribution in [0.25, 0.3) is 0 Å². The first kappa shape index (κ1) is 30.2. The summed E-state index contributed by atoms with van der Waals surface area (Å²) in [7, 11) is -4.09. The number of aryl methyl sites for hydroxylation is 2. The van der Waals surface area contributed by atoms with Crippen LogP contribution in [0.1, 0.15) is 37.5 Å². The molecule has 0 fully saturated rings. The highest BCUT2D eigenvalue weighted by Gasteiger charge is 2.32. The number of rotatable bonds is 11. The van der Waals surface area contributed by atoms with Crippen LogP contribution < -0.4 is 9.62 Å². The van der Waals surface area contributed by atoms with Gasteiger partial charge in [0, 0.05) is 17.5 Å². The molecule has 1 N–H and O–H groups in total. The second kappa shape index (κ2) is 13.2. The van der Waals surface area contributed by atoms with E-state index in [0.29, 0.717) is 5.69 Å². The van der Waals surface area contributed by atoms with Gasteiger partial charge in [-0.3, -0.25) is 13.9 Å². The average Bonchev–Trinajstić information content (AvgIpc) is 2.90. The van der Waals surface area contributed by atoms with Gasteiger partial charge in [-0.1, -0.05) is 47.5 Å². The van der Waals surface area contributed by atoms with Gasteiger partial charge in [0.15, 0.2) is 0 Å². The summed E-state index contributed by atoms with van der Waals surface area (Å²) < 4.78 is 28.9. The number of anilines is 1. The molecule has 0 saturated carbocycles. The van der Waals surface area contributed by atoms with E-state index < -0.39 is 28.5 Å². The Kier molecular flexibility index (Phi) is 10.2. The zero-order valence-electron chi connectivity index (χ0n) is 23.3. The molecule has 0 aliphatic carbocycles. The van der Waals surface area contributed by atoms with Gasteiger partial charge in [-0.25, -0.2) is 8.42 Å². The number of nitrogens with one attached hydrogen (secondary N) is 1. The Balaban J connectivity index is 2.03. The monoisotopic (exact) mass is 567 g/mol. The lowest BCUT2D eigenvalue weighted by Gasteiger charge is -2.32.